The Morgan fingerprint density at radius 1 is 0.757 bits per heavy atom. The lowest BCUT2D eigenvalue weighted by Gasteiger charge is -2.28. The Balaban J connectivity index is 1.43. The maximum atomic E-state index is 3.91. The quantitative estimate of drug-likeness (QED) is 0.245. The van der Waals surface area contributed by atoms with Crippen molar-refractivity contribution in [3.8, 4) is 0 Å². The van der Waals surface area contributed by atoms with Crippen molar-refractivity contribution in [3.05, 3.63) is 119 Å². The van der Waals surface area contributed by atoms with Crippen molar-refractivity contribution < 1.29 is 0 Å². The molecule has 0 saturated carbocycles. The van der Waals surface area contributed by atoms with E-state index in [2.05, 4.69) is 133 Å². The number of hydrogen-bond donors (Lipinski definition) is 1. The minimum absolute atomic E-state index is 0.430. The normalized spacial score (nSPS) is 17.6. The zero-order chi connectivity index (χ0) is 25.0. The molecule has 0 unspecified atom stereocenters. The molecule has 4 aromatic rings. The highest BCUT2D eigenvalue weighted by molar-refractivity contribution is 8.17. The van der Waals surface area contributed by atoms with Crippen LogP contribution in [0.2, 0.25) is 0 Å². The van der Waals surface area contributed by atoms with Crippen LogP contribution in [0.5, 0.6) is 0 Å². The van der Waals surface area contributed by atoms with E-state index in [4.69, 9.17) is 0 Å². The molecular weight excluding hydrogens is 505 g/mol. The molecule has 188 valence electrons. The standard InChI is InChI=1S/C33H34NPS2/c1-24-11-8-17-29(34-23-31-36-21-10-22-37-31)32(24)28-20-19-25-12-9-18-30(33(25)28)35(26-13-4-2-5-14-26)27-15-6-3-7-16-27/h2-9,11-18,28,31,34H,10,19-23H2,1H3/t28-/m1/s1. The molecule has 1 saturated heterocycles. The third kappa shape index (κ3) is 5.37. The van der Waals surface area contributed by atoms with Gasteiger partial charge in [0.1, 0.15) is 0 Å². The van der Waals surface area contributed by atoms with E-state index in [1.807, 2.05) is 0 Å². The Labute approximate surface area is 231 Å². The van der Waals surface area contributed by atoms with Crippen LogP contribution in [-0.2, 0) is 6.42 Å². The van der Waals surface area contributed by atoms with E-state index in [-0.39, 0.29) is 0 Å². The summed E-state index contributed by atoms with van der Waals surface area (Å²) in [5, 5.41) is 8.29. The summed E-state index contributed by atoms with van der Waals surface area (Å²) in [6, 6.07) is 36.3. The molecular formula is C33H34NPS2. The number of benzene rings is 4. The molecule has 1 aliphatic carbocycles. The second kappa shape index (κ2) is 11.7. The zero-order valence-electron chi connectivity index (χ0n) is 21.4. The van der Waals surface area contributed by atoms with Crippen LogP contribution in [0.25, 0.3) is 0 Å². The molecule has 0 radical (unpaired) electrons. The molecule has 1 N–H and O–H groups in total. The number of anilines is 1. The van der Waals surface area contributed by atoms with E-state index in [0.717, 1.165) is 13.0 Å². The minimum Gasteiger partial charge on any atom is -0.383 e. The van der Waals surface area contributed by atoms with Gasteiger partial charge in [0.25, 0.3) is 0 Å². The summed E-state index contributed by atoms with van der Waals surface area (Å²) >= 11 is 4.24. The second-order valence-electron chi connectivity index (χ2n) is 9.89. The van der Waals surface area contributed by atoms with Gasteiger partial charge in [-0.1, -0.05) is 91.0 Å². The lowest BCUT2D eigenvalue weighted by atomic mass is 9.88. The van der Waals surface area contributed by atoms with E-state index in [0.29, 0.717) is 10.5 Å². The average Bonchev–Trinajstić information content (AvgIpc) is 3.38. The Hall–Kier alpha value is -2.19. The molecule has 1 nitrogen and oxygen atoms in total. The van der Waals surface area contributed by atoms with Crippen molar-refractivity contribution in [1.29, 1.82) is 0 Å². The molecule has 1 fully saturated rings. The Morgan fingerprint density at radius 2 is 1.43 bits per heavy atom. The molecule has 1 atom stereocenters. The molecule has 4 aromatic carbocycles. The first-order valence-electron chi connectivity index (χ1n) is 13.4. The van der Waals surface area contributed by atoms with Crippen molar-refractivity contribution in [2.45, 2.75) is 36.7 Å². The van der Waals surface area contributed by atoms with E-state index < -0.39 is 7.92 Å². The van der Waals surface area contributed by atoms with Crippen LogP contribution in [0.4, 0.5) is 5.69 Å². The van der Waals surface area contributed by atoms with E-state index in [9.17, 15) is 0 Å². The first kappa shape index (κ1) is 25.1. The summed E-state index contributed by atoms with van der Waals surface area (Å²) in [5.74, 6) is 3.02. The first-order valence-corrected chi connectivity index (χ1v) is 16.8. The minimum atomic E-state index is -0.630. The van der Waals surface area contributed by atoms with Crippen molar-refractivity contribution >= 4 is 53.0 Å². The summed E-state index contributed by atoms with van der Waals surface area (Å²) in [7, 11) is -0.630. The van der Waals surface area contributed by atoms with Crippen LogP contribution in [0.3, 0.4) is 0 Å². The molecule has 0 bridgehead atoms. The predicted molar refractivity (Wildman–Crippen MR) is 168 cm³/mol. The fraction of sp³-hybridized carbons (Fsp3) is 0.273. The number of thioether (sulfide) groups is 2. The largest absolute Gasteiger partial charge is 0.383 e. The Kier molecular flexibility index (Phi) is 7.93. The van der Waals surface area contributed by atoms with Gasteiger partial charge in [0.05, 0.1) is 4.58 Å². The van der Waals surface area contributed by atoms with Crippen molar-refractivity contribution in [3.63, 3.8) is 0 Å². The van der Waals surface area contributed by atoms with Crippen LogP contribution in [0, 0.1) is 6.92 Å². The van der Waals surface area contributed by atoms with Gasteiger partial charge in [0, 0.05) is 18.2 Å². The highest BCUT2D eigenvalue weighted by atomic mass is 32.2. The van der Waals surface area contributed by atoms with Crippen LogP contribution < -0.4 is 21.2 Å². The Morgan fingerprint density at radius 3 is 2.14 bits per heavy atom. The third-order valence-corrected chi connectivity index (χ3v) is 13.0. The average molecular weight is 540 g/mol. The third-order valence-electron chi connectivity index (χ3n) is 7.52. The molecule has 0 spiro atoms. The summed E-state index contributed by atoms with van der Waals surface area (Å²) in [6.45, 7) is 3.34. The van der Waals surface area contributed by atoms with Crippen molar-refractivity contribution in [1.82, 2.24) is 0 Å². The molecule has 0 aromatic heterocycles. The number of nitrogens with one attached hydrogen (secondary N) is 1. The molecule has 0 amide bonds. The zero-order valence-corrected chi connectivity index (χ0v) is 23.9. The first-order chi connectivity index (χ1) is 18.3. The van der Waals surface area contributed by atoms with Gasteiger partial charge in [-0.2, -0.15) is 0 Å². The van der Waals surface area contributed by atoms with Gasteiger partial charge in [0.15, 0.2) is 0 Å². The van der Waals surface area contributed by atoms with Crippen LogP contribution in [0.15, 0.2) is 97.1 Å². The van der Waals surface area contributed by atoms with Crippen LogP contribution in [0.1, 0.15) is 41.0 Å². The maximum Gasteiger partial charge on any atom is 0.0674 e. The van der Waals surface area contributed by atoms with E-state index in [1.165, 1.54) is 62.6 Å². The fourth-order valence-electron chi connectivity index (χ4n) is 5.87. The second-order valence-corrected chi connectivity index (χ2v) is 15.0. The number of fused-ring (bicyclic) bond motifs is 1. The molecule has 4 heteroatoms. The van der Waals surface area contributed by atoms with Crippen molar-refractivity contribution in [2.75, 3.05) is 23.4 Å². The molecule has 1 aliphatic heterocycles. The lowest BCUT2D eigenvalue weighted by molar-refractivity contribution is 0.785. The number of hydrogen-bond acceptors (Lipinski definition) is 3. The number of rotatable bonds is 7. The number of aryl methyl sites for hydroxylation is 2. The SMILES string of the molecule is Cc1cccc(NCC2SCCCS2)c1[C@H]1CCc2cccc(P(c3ccccc3)c3ccccc3)c21. The topological polar surface area (TPSA) is 12.0 Å². The summed E-state index contributed by atoms with van der Waals surface area (Å²) in [6.07, 6.45) is 3.68. The Bertz CT molecular complexity index is 1300. The van der Waals surface area contributed by atoms with Gasteiger partial charge in [-0.25, -0.2) is 0 Å². The van der Waals surface area contributed by atoms with Gasteiger partial charge < -0.3 is 5.32 Å². The summed E-state index contributed by atoms with van der Waals surface area (Å²) in [5.41, 5.74) is 7.37. The van der Waals surface area contributed by atoms with Gasteiger partial charge in [0.2, 0.25) is 0 Å². The molecule has 6 rings (SSSR count). The smallest absolute Gasteiger partial charge is 0.0674 e. The van der Waals surface area contributed by atoms with Gasteiger partial charge in [-0.15, -0.1) is 23.5 Å². The molecule has 2 aliphatic rings. The van der Waals surface area contributed by atoms with E-state index >= 15 is 0 Å². The van der Waals surface area contributed by atoms with Crippen LogP contribution in [-0.4, -0.2) is 22.6 Å². The lowest BCUT2D eigenvalue weighted by Crippen LogP contribution is -2.25. The molecule has 37 heavy (non-hydrogen) atoms. The molecule has 1 heterocycles. The fourth-order valence-corrected chi connectivity index (χ4v) is 11.1. The summed E-state index contributed by atoms with van der Waals surface area (Å²) in [4.78, 5) is 0. The van der Waals surface area contributed by atoms with Crippen LogP contribution >= 0.6 is 31.4 Å². The maximum absolute atomic E-state index is 3.91. The van der Waals surface area contributed by atoms with Crippen molar-refractivity contribution in [2.24, 2.45) is 0 Å². The predicted octanol–water partition coefficient (Wildman–Crippen LogP) is 7.44. The van der Waals surface area contributed by atoms with Gasteiger partial charge >= 0.3 is 0 Å². The monoisotopic (exact) mass is 539 g/mol. The summed E-state index contributed by atoms with van der Waals surface area (Å²) < 4.78 is 0.650. The highest BCUT2D eigenvalue weighted by Gasteiger charge is 2.32. The van der Waals surface area contributed by atoms with Gasteiger partial charge in [-0.05, 0) is 89.8 Å². The van der Waals surface area contributed by atoms with Gasteiger partial charge in [-0.3, -0.25) is 0 Å². The van der Waals surface area contributed by atoms with E-state index in [1.54, 1.807) is 5.56 Å². The highest BCUT2D eigenvalue weighted by Crippen LogP contribution is 2.46.